The molecule has 1 heterocycles. The van der Waals surface area contributed by atoms with Crippen LogP contribution in [-0.4, -0.2) is 38.7 Å². The van der Waals surface area contributed by atoms with E-state index in [0.29, 0.717) is 23.6 Å². The molecule has 0 atom stereocenters. The van der Waals surface area contributed by atoms with Gasteiger partial charge in [0.2, 0.25) is 0 Å². The lowest BCUT2D eigenvalue weighted by molar-refractivity contribution is 0.0779. The van der Waals surface area contributed by atoms with E-state index in [0.717, 1.165) is 12.1 Å². The first-order valence-electron chi connectivity index (χ1n) is 5.53. The summed E-state index contributed by atoms with van der Waals surface area (Å²) in [7, 11) is 1.79. The van der Waals surface area contributed by atoms with Crippen molar-refractivity contribution in [2.75, 3.05) is 13.1 Å². The van der Waals surface area contributed by atoms with Crippen molar-refractivity contribution < 1.29 is 4.79 Å². The second-order valence-electron chi connectivity index (χ2n) is 3.99. The molecule has 0 unspecified atom stereocenters. The molecule has 0 bridgehead atoms. The first-order chi connectivity index (χ1) is 7.95. The summed E-state index contributed by atoms with van der Waals surface area (Å²) in [5.74, 6) is -0.0646. The van der Waals surface area contributed by atoms with Crippen LogP contribution in [0, 0.1) is 6.92 Å². The number of aromatic nitrogens is 2. The molecular formula is C11H18N4OS. The Hall–Kier alpha value is -1.43. The number of hydrogen-bond acceptors (Lipinski definition) is 3. The Balaban J connectivity index is 2.91. The van der Waals surface area contributed by atoms with Crippen molar-refractivity contribution in [2.45, 2.75) is 20.3 Å². The van der Waals surface area contributed by atoms with Gasteiger partial charge in [-0.15, -0.1) is 0 Å². The normalized spacial score (nSPS) is 10.3. The van der Waals surface area contributed by atoms with Crippen LogP contribution in [0.4, 0.5) is 0 Å². The fourth-order valence-corrected chi connectivity index (χ4v) is 1.85. The van der Waals surface area contributed by atoms with E-state index in [-0.39, 0.29) is 5.91 Å². The summed E-state index contributed by atoms with van der Waals surface area (Å²) in [6.45, 7) is 4.79. The molecule has 0 saturated carbocycles. The molecule has 17 heavy (non-hydrogen) atoms. The highest BCUT2D eigenvalue weighted by atomic mass is 32.1. The predicted octanol–water partition coefficient (Wildman–Crippen LogP) is 0.867. The molecule has 0 spiro atoms. The van der Waals surface area contributed by atoms with Crippen LogP contribution in [0.3, 0.4) is 0 Å². The van der Waals surface area contributed by atoms with Crippen LogP contribution >= 0.6 is 12.2 Å². The molecule has 0 fully saturated rings. The largest absolute Gasteiger partial charge is 0.392 e. The standard InChI is InChI=1S/C11H18N4OS/c1-4-5-15(7-10(12)17)11(16)9-6-14(3)13-8(9)2/h6H,4-5,7H2,1-3H3,(H2,12,17). The number of rotatable bonds is 5. The third-order valence-electron chi connectivity index (χ3n) is 2.37. The van der Waals surface area contributed by atoms with E-state index in [1.165, 1.54) is 0 Å². The minimum atomic E-state index is -0.0646. The van der Waals surface area contributed by atoms with E-state index in [2.05, 4.69) is 5.10 Å². The van der Waals surface area contributed by atoms with Crippen LogP contribution in [0.1, 0.15) is 29.4 Å². The van der Waals surface area contributed by atoms with Crippen LogP contribution in [0.25, 0.3) is 0 Å². The Morgan fingerprint density at radius 2 is 2.29 bits per heavy atom. The zero-order valence-electron chi connectivity index (χ0n) is 10.4. The first kappa shape index (κ1) is 13.6. The molecule has 0 aliphatic carbocycles. The van der Waals surface area contributed by atoms with E-state index in [1.807, 2.05) is 13.8 Å². The summed E-state index contributed by atoms with van der Waals surface area (Å²) in [5.41, 5.74) is 6.83. The lowest BCUT2D eigenvalue weighted by atomic mass is 10.2. The molecule has 94 valence electrons. The number of nitrogens with zero attached hydrogens (tertiary/aromatic N) is 3. The highest BCUT2D eigenvalue weighted by molar-refractivity contribution is 7.80. The van der Waals surface area contributed by atoms with Gasteiger partial charge in [-0.25, -0.2) is 0 Å². The number of thiocarbonyl (C=S) groups is 1. The monoisotopic (exact) mass is 254 g/mol. The maximum atomic E-state index is 12.3. The summed E-state index contributed by atoms with van der Waals surface area (Å²) in [4.78, 5) is 14.2. The Morgan fingerprint density at radius 1 is 1.65 bits per heavy atom. The summed E-state index contributed by atoms with van der Waals surface area (Å²) in [6, 6.07) is 0. The van der Waals surface area contributed by atoms with Crippen molar-refractivity contribution in [1.29, 1.82) is 0 Å². The van der Waals surface area contributed by atoms with Crippen LogP contribution in [0.2, 0.25) is 0 Å². The number of hydrogen-bond donors (Lipinski definition) is 1. The maximum absolute atomic E-state index is 12.3. The van der Waals surface area contributed by atoms with Crippen molar-refractivity contribution in [1.82, 2.24) is 14.7 Å². The first-order valence-corrected chi connectivity index (χ1v) is 5.94. The van der Waals surface area contributed by atoms with Crippen LogP contribution in [0.5, 0.6) is 0 Å². The van der Waals surface area contributed by atoms with Gasteiger partial charge in [-0.3, -0.25) is 9.48 Å². The second-order valence-corrected chi connectivity index (χ2v) is 4.52. The quantitative estimate of drug-likeness (QED) is 0.792. The molecule has 5 nitrogen and oxygen atoms in total. The molecular weight excluding hydrogens is 236 g/mol. The van der Waals surface area contributed by atoms with Crippen LogP contribution in [-0.2, 0) is 7.05 Å². The number of aryl methyl sites for hydroxylation is 2. The van der Waals surface area contributed by atoms with Gasteiger partial charge < -0.3 is 10.6 Å². The van der Waals surface area contributed by atoms with Crippen molar-refractivity contribution in [3.05, 3.63) is 17.5 Å². The lowest BCUT2D eigenvalue weighted by Crippen LogP contribution is -2.38. The molecule has 2 N–H and O–H groups in total. The van der Waals surface area contributed by atoms with Gasteiger partial charge in [0.25, 0.3) is 5.91 Å². The Labute approximate surface area is 107 Å². The molecule has 1 aromatic rings. The molecule has 1 rings (SSSR count). The van der Waals surface area contributed by atoms with Gasteiger partial charge in [-0.2, -0.15) is 5.10 Å². The van der Waals surface area contributed by atoms with Crippen molar-refractivity contribution in [3.8, 4) is 0 Å². The predicted molar refractivity (Wildman–Crippen MR) is 70.9 cm³/mol. The molecule has 0 aliphatic heterocycles. The smallest absolute Gasteiger partial charge is 0.257 e. The average molecular weight is 254 g/mol. The lowest BCUT2D eigenvalue weighted by Gasteiger charge is -2.20. The topological polar surface area (TPSA) is 64.2 Å². The number of carbonyl (C=O) groups excluding carboxylic acids is 1. The third-order valence-corrected chi connectivity index (χ3v) is 2.50. The van der Waals surface area contributed by atoms with E-state index in [1.54, 1.807) is 22.8 Å². The fraction of sp³-hybridized carbons (Fsp3) is 0.545. The Morgan fingerprint density at radius 3 is 2.71 bits per heavy atom. The SMILES string of the molecule is CCCN(CC(N)=S)C(=O)c1cn(C)nc1C. The van der Waals surface area contributed by atoms with Gasteiger partial charge in [0.15, 0.2) is 0 Å². The van der Waals surface area contributed by atoms with E-state index >= 15 is 0 Å². The zero-order valence-corrected chi connectivity index (χ0v) is 11.3. The Kier molecular flexibility index (Phi) is 4.62. The van der Waals surface area contributed by atoms with E-state index in [9.17, 15) is 4.79 Å². The van der Waals surface area contributed by atoms with E-state index in [4.69, 9.17) is 18.0 Å². The van der Waals surface area contributed by atoms with Gasteiger partial charge in [-0.05, 0) is 13.3 Å². The fourth-order valence-electron chi connectivity index (χ4n) is 1.69. The third kappa shape index (κ3) is 3.52. The molecule has 6 heteroatoms. The van der Waals surface area contributed by atoms with Gasteiger partial charge in [0.05, 0.1) is 22.8 Å². The maximum Gasteiger partial charge on any atom is 0.257 e. The van der Waals surface area contributed by atoms with Crippen LogP contribution < -0.4 is 5.73 Å². The van der Waals surface area contributed by atoms with Crippen LogP contribution in [0.15, 0.2) is 6.20 Å². The second kappa shape index (κ2) is 5.77. The number of nitrogens with two attached hydrogens (primary N) is 1. The van der Waals surface area contributed by atoms with Gasteiger partial charge in [0.1, 0.15) is 0 Å². The summed E-state index contributed by atoms with van der Waals surface area (Å²) in [5, 5.41) is 4.16. The Bertz CT molecular complexity index is 427. The van der Waals surface area contributed by atoms with Gasteiger partial charge in [-0.1, -0.05) is 19.1 Å². The van der Waals surface area contributed by atoms with Gasteiger partial charge in [0, 0.05) is 19.8 Å². The van der Waals surface area contributed by atoms with Crippen molar-refractivity contribution in [3.63, 3.8) is 0 Å². The van der Waals surface area contributed by atoms with Gasteiger partial charge >= 0.3 is 0 Å². The summed E-state index contributed by atoms with van der Waals surface area (Å²) >= 11 is 4.86. The molecule has 1 amide bonds. The summed E-state index contributed by atoms with van der Waals surface area (Å²) < 4.78 is 1.63. The minimum absolute atomic E-state index is 0.0646. The van der Waals surface area contributed by atoms with E-state index < -0.39 is 0 Å². The molecule has 0 aliphatic rings. The molecule has 1 aromatic heterocycles. The highest BCUT2D eigenvalue weighted by Crippen LogP contribution is 2.09. The minimum Gasteiger partial charge on any atom is -0.392 e. The number of amides is 1. The average Bonchev–Trinajstić information content (AvgIpc) is 2.55. The highest BCUT2D eigenvalue weighted by Gasteiger charge is 2.19. The van der Waals surface area contributed by atoms with Crippen molar-refractivity contribution in [2.24, 2.45) is 12.8 Å². The zero-order chi connectivity index (χ0) is 13.0. The molecule has 0 radical (unpaired) electrons. The summed E-state index contributed by atoms with van der Waals surface area (Å²) in [6.07, 6.45) is 2.59. The molecule has 0 saturated heterocycles. The molecule has 0 aromatic carbocycles. The van der Waals surface area contributed by atoms with Crippen molar-refractivity contribution >= 4 is 23.1 Å². The number of carbonyl (C=O) groups is 1.